The molecule has 25 heavy (non-hydrogen) atoms. The zero-order valence-electron chi connectivity index (χ0n) is 15.0. The molecule has 0 saturated heterocycles. The van der Waals surface area contributed by atoms with E-state index < -0.39 is 0 Å². The lowest BCUT2D eigenvalue weighted by atomic mass is 10.1. The fourth-order valence-corrected chi connectivity index (χ4v) is 2.70. The SMILES string of the molecule is CCN(Cc1ccc(OC)c(OC)c1)C(=O)CCc1ccccc1O. The number of amides is 1. The second-order valence-corrected chi connectivity index (χ2v) is 5.73. The first-order valence-corrected chi connectivity index (χ1v) is 8.34. The molecule has 1 N–H and O–H groups in total. The van der Waals surface area contributed by atoms with Gasteiger partial charge in [0, 0.05) is 19.5 Å². The maximum atomic E-state index is 12.5. The summed E-state index contributed by atoms with van der Waals surface area (Å²) in [6.45, 7) is 3.09. The summed E-state index contributed by atoms with van der Waals surface area (Å²) < 4.78 is 10.6. The highest BCUT2D eigenvalue weighted by atomic mass is 16.5. The van der Waals surface area contributed by atoms with Gasteiger partial charge in [0.2, 0.25) is 5.91 Å². The Labute approximate surface area is 148 Å². The topological polar surface area (TPSA) is 59.0 Å². The van der Waals surface area contributed by atoms with Gasteiger partial charge in [-0.2, -0.15) is 0 Å². The van der Waals surface area contributed by atoms with Crippen LogP contribution in [0.25, 0.3) is 0 Å². The molecule has 2 aromatic carbocycles. The molecular weight excluding hydrogens is 318 g/mol. The number of hydrogen-bond donors (Lipinski definition) is 1. The first-order valence-electron chi connectivity index (χ1n) is 8.34. The van der Waals surface area contributed by atoms with Crippen LogP contribution in [0.15, 0.2) is 42.5 Å². The summed E-state index contributed by atoms with van der Waals surface area (Å²) in [5.74, 6) is 1.61. The van der Waals surface area contributed by atoms with Crippen molar-refractivity contribution in [2.24, 2.45) is 0 Å². The third kappa shape index (κ3) is 4.89. The summed E-state index contributed by atoms with van der Waals surface area (Å²) in [7, 11) is 3.19. The molecule has 0 aliphatic rings. The number of carbonyl (C=O) groups is 1. The van der Waals surface area contributed by atoms with E-state index in [0.717, 1.165) is 11.1 Å². The number of aromatic hydroxyl groups is 1. The molecule has 0 aromatic heterocycles. The van der Waals surface area contributed by atoms with Crippen molar-refractivity contribution in [2.75, 3.05) is 20.8 Å². The quantitative estimate of drug-likeness (QED) is 0.798. The number of benzene rings is 2. The minimum Gasteiger partial charge on any atom is -0.508 e. The number of hydrogen-bond acceptors (Lipinski definition) is 4. The minimum absolute atomic E-state index is 0.0561. The highest BCUT2D eigenvalue weighted by Crippen LogP contribution is 2.28. The summed E-state index contributed by atoms with van der Waals surface area (Å²) in [4.78, 5) is 14.3. The van der Waals surface area contributed by atoms with Crippen molar-refractivity contribution >= 4 is 5.91 Å². The van der Waals surface area contributed by atoms with E-state index in [9.17, 15) is 9.90 Å². The number of phenolic OH excluding ortho intramolecular Hbond substituents is 1. The molecule has 134 valence electrons. The minimum atomic E-state index is 0.0561. The Bertz CT molecular complexity index is 715. The lowest BCUT2D eigenvalue weighted by Gasteiger charge is -2.22. The Balaban J connectivity index is 2.01. The van der Waals surface area contributed by atoms with Gasteiger partial charge in [0.05, 0.1) is 14.2 Å². The lowest BCUT2D eigenvalue weighted by molar-refractivity contribution is -0.131. The van der Waals surface area contributed by atoms with Gasteiger partial charge in [0.15, 0.2) is 11.5 Å². The van der Waals surface area contributed by atoms with Crippen LogP contribution in [-0.2, 0) is 17.8 Å². The average molecular weight is 343 g/mol. The van der Waals surface area contributed by atoms with E-state index >= 15 is 0 Å². The van der Waals surface area contributed by atoms with Gasteiger partial charge >= 0.3 is 0 Å². The van der Waals surface area contributed by atoms with Crippen molar-refractivity contribution in [3.05, 3.63) is 53.6 Å². The Morgan fingerprint density at radius 3 is 2.44 bits per heavy atom. The van der Waals surface area contributed by atoms with Crippen molar-refractivity contribution in [3.8, 4) is 17.2 Å². The molecule has 0 atom stereocenters. The molecule has 0 aliphatic carbocycles. The molecule has 0 saturated carbocycles. The Hall–Kier alpha value is -2.69. The number of carbonyl (C=O) groups excluding carboxylic acids is 1. The largest absolute Gasteiger partial charge is 0.508 e. The summed E-state index contributed by atoms with van der Waals surface area (Å²) in [6.07, 6.45) is 0.882. The van der Waals surface area contributed by atoms with Crippen LogP contribution in [0.1, 0.15) is 24.5 Å². The zero-order chi connectivity index (χ0) is 18.2. The maximum Gasteiger partial charge on any atom is 0.223 e. The van der Waals surface area contributed by atoms with Crippen molar-refractivity contribution in [2.45, 2.75) is 26.3 Å². The predicted molar refractivity (Wildman–Crippen MR) is 97.1 cm³/mol. The molecule has 5 nitrogen and oxygen atoms in total. The number of methoxy groups -OCH3 is 2. The molecule has 1 amide bonds. The molecule has 0 spiro atoms. The highest BCUT2D eigenvalue weighted by Gasteiger charge is 2.14. The molecular formula is C20H25NO4. The average Bonchev–Trinajstić information content (AvgIpc) is 2.64. The van der Waals surface area contributed by atoms with Crippen LogP contribution in [0, 0.1) is 0 Å². The highest BCUT2D eigenvalue weighted by molar-refractivity contribution is 5.76. The molecule has 0 radical (unpaired) electrons. The van der Waals surface area contributed by atoms with Gasteiger partial charge < -0.3 is 19.5 Å². The van der Waals surface area contributed by atoms with E-state index in [-0.39, 0.29) is 11.7 Å². The second kappa shape index (κ2) is 8.97. The van der Waals surface area contributed by atoms with Crippen LogP contribution in [-0.4, -0.2) is 36.7 Å². The summed E-state index contributed by atoms with van der Waals surface area (Å²) >= 11 is 0. The van der Waals surface area contributed by atoms with E-state index in [2.05, 4.69) is 0 Å². The molecule has 0 fully saturated rings. The Morgan fingerprint density at radius 1 is 1.08 bits per heavy atom. The van der Waals surface area contributed by atoms with E-state index in [1.165, 1.54) is 0 Å². The summed E-state index contributed by atoms with van der Waals surface area (Å²) in [5.41, 5.74) is 1.77. The van der Waals surface area contributed by atoms with Gasteiger partial charge in [-0.1, -0.05) is 24.3 Å². The van der Waals surface area contributed by atoms with Crippen LogP contribution < -0.4 is 9.47 Å². The van der Waals surface area contributed by atoms with Crippen LogP contribution in [0.5, 0.6) is 17.2 Å². The number of nitrogens with zero attached hydrogens (tertiary/aromatic N) is 1. The monoisotopic (exact) mass is 343 g/mol. The molecule has 2 aromatic rings. The van der Waals surface area contributed by atoms with Crippen molar-refractivity contribution in [3.63, 3.8) is 0 Å². The molecule has 5 heteroatoms. The molecule has 0 unspecified atom stereocenters. The lowest BCUT2D eigenvalue weighted by Crippen LogP contribution is -2.30. The van der Waals surface area contributed by atoms with Crippen molar-refractivity contribution in [1.29, 1.82) is 0 Å². The van der Waals surface area contributed by atoms with Gasteiger partial charge in [0.1, 0.15) is 5.75 Å². The van der Waals surface area contributed by atoms with Gasteiger partial charge in [0.25, 0.3) is 0 Å². The molecule has 2 rings (SSSR count). The number of para-hydroxylation sites is 1. The number of rotatable bonds is 8. The van der Waals surface area contributed by atoms with E-state index in [0.29, 0.717) is 37.4 Å². The second-order valence-electron chi connectivity index (χ2n) is 5.73. The summed E-state index contributed by atoms with van der Waals surface area (Å²) in [5, 5.41) is 9.81. The van der Waals surface area contributed by atoms with Crippen molar-refractivity contribution < 1.29 is 19.4 Å². The van der Waals surface area contributed by atoms with Gasteiger partial charge in [-0.15, -0.1) is 0 Å². The zero-order valence-corrected chi connectivity index (χ0v) is 15.0. The number of ether oxygens (including phenoxy) is 2. The van der Waals surface area contributed by atoms with Crippen molar-refractivity contribution in [1.82, 2.24) is 4.90 Å². The molecule has 0 aliphatic heterocycles. The van der Waals surface area contributed by atoms with Gasteiger partial charge in [-0.25, -0.2) is 0 Å². The normalized spacial score (nSPS) is 10.4. The van der Waals surface area contributed by atoms with Crippen LogP contribution >= 0.6 is 0 Å². The van der Waals surface area contributed by atoms with Crippen LogP contribution in [0.3, 0.4) is 0 Å². The molecule has 0 heterocycles. The van der Waals surface area contributed by atoms with E-state index in [1.807, 2.05) is 37.3 Å². The third-order valence-electron chi connectivity index (χ3n) is 4.16. The fraction of sp³-hybridized carbons (Fsp3) is 0.350. The predicted octanol–water partition coefficient (Wildman–Crippen LogP) is 3.39. The standard InChI is InChI=1S/C20H25NO4/c1-4-21(14-15-9-11-18(24-2)19(13-15)25-3)20(23)12-10-16-7-5-6-8-17(16)22/h5-9,11,13,22H,4,10,12,14H2,1-3H3. The fourth-order valence-electron chi connectivity index (χ4n) is 2.70. The first-order chi connectivity index (χ1) is 12.1. The van der Waals surface area contributed by atoms with Crippen LogP contribution in [0.2, 0.25) is 0 Å². The van der Waals surface area contributed by atoms with E-state index in [1.54, 1.807) is 31.3 Å². The third-order valence-corrected chi connectivity index (χ3v) is 4.16. The number of phenols is 1. The van der Waals surface area contributed by atoms with E-state index in [4.69, 9.17) is 9.47 Å². The molecule has 0 bridgehead atoms. The Kier molecular flexibility index (Phi) is 6.69. The van der Waals surface area contributed by atoms with Crippen LogP contribution in [0.4, 0.5) is 0 Å². The van der Waals surface area contributed by atoms with Gasteiger partial charge in [-0.3, -0.25) is 4.79 Å². The first kappa shape index (κ1) is 18.6. The summed E-state index contributed by atoms with van der Waals surface area (Å²) in [6, 6.07) is 12.8. The number of aryl methyl sites for hydroxylation is 1. The van der Waals surface area contributed by atoms with Gasteiger partial charge in [-0.05, 0) is 42.7 Å². The maximum absolute atomic E-state index is 12.5. The smallest absolute Gasteiger partial charge is 0.223 e. The Morgan fingerprint density at radius 2 is 1.80 bits per heavy atom.